The SMILES string of the molecule is NNC(=O)[CH]CC(=O)c1ccccn1. The van der Waals surface area contributed by atoms with Gasteiger partial charge in [0.1, 0.15) is 5.69 Å². The van der Waals surface area contributed by atoms with Crippen LogP contribution in [0.4, 0.5) is 0 Å². The number of hydrogen-bond acceptors (Lipinski definition) is 4. The van der Waals surface area contributed by atoms with Crippen molar-refractivity contribution in [2.75, 3.05) is 0 Å². The molecule has 0 unspecified atom stereocenters. The highest BCUT2D eigenvalue weighted by Gasteiger charge is 2.08. The lowest BCUT2D eigenvalue weighted by Crippen LogP contribution is -2.30. The molecule has 14 heavy (non-hydrogen) atoms. The second-order valence-electron chi connectivity index (χ2n) is 2.55. The molecule has 73 valence electrons. The topological polar surface area (TPSA) is 85.1 Å². The molecule has 0 aliphatic heterocycles. The number of Topliss-reactive ketones (excluding diaryl/α,β-unsaturated/α-hetero) is 1. The number of pyridine rings is 1. The van der Waals surface area contributed by atoms with Crippen LogP contribution in [0, 0.1) is 6.42 Å². The van der Waals surface area contributed by atoms with Crippen LogP contribution in [0.3, 0.4) is 0 Å². The minimum atomic E-state index is -0.478. The maximum Gasteiger partial charge on any atom is 0.238 e. The lowest BCUT2D eigenvalue weighted by Gasteiger charge is -1.98. The van der Waals surface area contributed by atoms with Gasteiger partial charge >= 0.3 is 0 Å². The molecule has 1 radical (unpaired) electrons. The molecule has 0 atom stereocenters. The predicted octanol–water partition coefficient (Wildman–Crippen LogP) is -0.151. The van der Waals surface area contributed by atoms with Crippen LogP contribution in [-0.4, -0.2) is 16.7 Å². The molecule has 1 aromatic heterocycles. The Kier molecular flexibility index (Phi) is 3.75. The fourth-order valence-electron chi connectivity index (χ4n) is 0.877. The zero-order valence-corrected chi connectivity index (χ0v) is 7.43. The zero-order valence-electron chi connectivity index (χ0n) is 7.43. The smallest absolute Gasteiger partial charge is 0.238 e. The molecule has 1 amide bonds. The Morgan fingerprint density at radius 3 is 2.86 bits per heavy atom. The van der Waals surface area contributed by atoms with E-state index in [0.717, 1.165) is 0 Å². The van der Waals surface area contributed by atoms with Crippen molar-refractivity contribution in [3.8, 4) is 0 Å². The summed E-state index contributed by atoms with van der Waals surface area (Å²) in [6.07, 6.45) is 2.70. The van der Waals surface area contributed by atoms with E-state index in [2.05, 4.69) is 4.98 Å². The van der Waals surface area contributed by atoms with Crippen molar-refractivity contribution in [3.05, 3.63) is 36.5 Å². The number of hydrazine groups is 1. The highest BCUT2D eigenvalue weighted by molar-refractivity contribution is 5.99. The van der Waals surface area contributed by atoms with Crippen LogP contribution in [-0.2, 0) is 4.79 Å². The highest BCUT2D eigenvalue weighted by Crippen LogP contribution is 2.00. The van der Waals surface area contributed by atoms with Crippen molar-refractivity contribution in [2.24, 2.45) is 5.84 Å². The Hall–Kier alpha value is -1.75. The van der Waals surface area contributed by atoms with Crippen molar-refractivity contribution in [1.82, 2.24) is 10.4 Å². The van der Waals surface area contributed by atoms with Gasteiger partial charge < -0.3 is 0 Å². The summed E-state index contributed by atoms with van der Waals surface area (Å²) in [7, 11) is 0. The number of amides is 1. The lowest BCUT2D eigenvalue weighted by atomic mass is 10.1. The van der Waals surface area contributed by atoms with Crippen LogP contribution in [0.15, 0.2) is 24.4 Å². The van der Waals surface area contributed by atoms with Gasteiger partial charge in [0.05, 0.1) is 6.42 Å². The number of nitrogens with one attached hydrogen (secondary N) is 1. The molecule has 1 aromatic rings. The maximum atomic E-state index is 11.4. The molecule has 0 aliphatic carbocycles. The first-order valence-electron chi connectivity index (χ1n) is 4.02. The number of nitrogens with two attached hydrogens (primary N) is 1. The number of aromatic nitrogens is 1. The normalized spacial score (nSPS) is 9.50. The third kappa shape index (κ3) is 2.95. The summed E-state index contributed by atoms with van der Waals surface area (Å²) < 4.78 is 0. The molecule has 3 N–H and O–H groups in total. The molecule has 0 spiro atoms. The molecule has 0 aromatic carbocycles. The van der Waals surface area contributed by atoms with Gasteiger partial charge in [0, 0.05) is 12.6 Å². The number of carbonyl (C=O) groups is 2. The number of nitrogens with zero attached hydrogens (tertiary/aromatic N) is 1. The number of hydrogen-bond donors (Lipinski definition) is 2. The monoisotopic (exact) mass is 192 g/mol. The molecule has 0 bridgehead atoms. The van der Waals surface area contributed by atoms with Crippen LogP contribution in [0.2, 0.25) is 0 Å². The van der Waals surface area contributed by atoms with Crippen LogP contribution < -0.4 is 11.3 Å². The molecule has 0 fully saturated rings. The molecule has 5 heteroatoms. The van der Waals surface area contributed by atoms with E-state index < -0.39 is 5.91 Å². The molecule has 1 rings (SSSR count). The third-order valence-electron chi connectivity index (χ3n) is 1.57. The van der Waals surface area contributed by atoms with Gasteiger partial charge in [0.15, 0.2) is 5.78 Å². The van der Waals surface area contributed by atoms with Gasteiger partial charge in [-0.2, -0.15) is 0 Å². The Morgan fingerprint density at radius 1 is 1.50 bits per heavy atom. The Labute approximate surface area is 81.3 Å². The zero-order chi connectivity index (χ0) is 10.4. The van der Waals surface area contributed by atoms with E-state index in [4.69, 9.17) is 5.84 Å². The first kappa shape index (κ1) is 10.3. The quantitative estimate of drug-likeness (QED) is 0.300. The molecule has 0 saturated carbocycles. The van der Waals surface area contributed by atoms with Gasteiger partial charge in [-0.15, -0.1) is 0 Å². The van der Waals surface area contributed by atoms with Gasteiger partial charge in [-0.1, -0.05) is 6.07 Å². The molecule has 5 nitrogen and oxygen atoms in total. The van der Waals surface area contributed by atoms with Crippen molar-refractivity contribution in [3.63, 3.8) is 0 Å². The van der Waals surface area contributed by atoms with Crippen LogP contribution in [0.1, 0.15) is 16.9 Å². The summed E-state index contributed by atoms with van der Waals surface area (Å²) in [6, 6.07) is 5.02. The van der Waals surface area contributed by atoms with Gasteiger partial charge in [0.25, 0.3) is 0 Å². The molecular formula is C9H10N3O2. The summed E-state index contributed by atoms with van der Waals surface area (Å²) in [4.78, 5) is 25.9. The van der Waals surface area contributed by atoms with Crippen molar-refractivity contribution in [1.29, 1.82) is 0 Å². The van der Waals surface area contributed by atoms with E-state index in [9.17, 15) is 9.59 Å². The second kappa shape index (κ2) is 5.08. The van der Waals surface area contributed by atoms with Gasteiger partial charge in [-0.25, -0.2) is 5.84 Å². The first-order valence-corrected chi connectivity index (χ1v) is 4.02. The van der Waals surface area contributed by atoms with E-state index in [0.29, 0.717) is 5.69 Å². The summed E-state index contributed by atoms with van der Waals surface area (Å²) >= 11 is 0. The van der Waals surface area contributed by atoms with Crippen LogP contribution in [0.5, 0.6) is 0 Å². The molecule has 0 saturated heterocycles. The van der Waals surface area contributed by atoms with E-state index in [1.807, 2.05) is 5.43 Å². The van der Waals surface area contributed by atoms with Gasteiger partial charge in [-0.3, -0.25) is 20.0 Å². The van der Waals surface area contributed by atoms with Crippen molar-refractivity contribution < 1.29 is 9.59 Å². The van der Waals surface area contributed by atoms with E-state index in [1.165, 1.54) is 12.6 Å². The number of ketones is 1. The fourth-order valence-corrected chi connectivity index (χ4v) is 0.877. The average molecular weight is 192 g/mol. The standard InChI is InChI=1S/C9H10N3O2/c10-12-9(14)5-4-8(13)7-3-1-2-6-11-7/h1-3,5-6H,4,10H2,(H,12,14). The largest absolute Gasteiger partial charge is 0.294 e. The van der Waals surface area contributed by atoms with Crippen LogP contribution in [0.25, 0.3) is 0 Å². The Morgan fingerprint density at radius 2 is 2.29 bits per heavy atom. The van der Waals surface area contributed by atoms with Crippen molar-refractivity contribution >= 4 is 11.7 Å². The summed E-state index contributed by atoms with van der Waals surface area (Å²) in [5.74, 6) is 4.15. The second-order valence-corrected chi connectivity index (χ2v) is 2.55. The highest BCUT2D eigenvalue weighted by atomic mass is 16.2. The lowest BCUT2D eigenvalue weighted by molar-refractivity contribution is -0.118. The number of rotatable bonds is 4. The molecular weight excluding hydrogens is 182 g/mol. The van der Waals surface area contributed by atoms with Gasteiger partial charge in [0.2, 0.25) is 5.91 Å². The maximum absolute atomic E-state index is 11.4. The Balaban J connectivity index is 2.48. The van der Waals surface area contributed by atoms with E-state index >= 15 is 0 Å². The fraction of sp³-hybridized carbons (Fsp3) is 0.111. The summed E-state index contributed by atoms with van der Waals surface area (Å²) in [6.45, 7) is 0. The Bertz CT molecular complexity index is 324. The summed E-state index contributed by atoms with van der Waals surface area (Å²) in [5, 5.41) is 0. The predicted molar refractivity (Wildman–Crippen MR) is 49.8 cm³/mol. The van der Waals surface area contributed by atoms with Gasteiger partial charge in [-0.05, 0) is 12.1 Å². The first-order chi connectivity index (χ1) is 6.74. The van der Waals surface area contributed by atoms with Crippen LogP contribution >= 0.6 is 0 Å². The average Bonchev–Trinajstić information content (AvgIpc) is 2.26. The van der Waals surface area contributed by atoms with E-state index in [1.54, 1.807) is 18.2 Å². The molecule has 0 aliphatic rings. The third-order valence-corrected chi connectivity index (χ3v) is 1.57. The van der Waals surface area contributed by atoms with Crippen molar-refractivity contribution in [2.45, 2.75) is 6.42 Å². The number of carbonyl (C=O) groups excluding carboxylic acids is 2. The molecule has 1 heterocycles. The minimum absolute atomic E-state index is 0.0000463. The summed E-state index contributed by atoms with van der Waals surface area (Å²) in [5.41, 5.74) is 2.25. The minimum Gasteiger partial charge on any atom is -0.294 e. The van der Waals surface area contributed by atoms with E-state index in [-0.39, 0.29) is 12.2 Å².